The zero-order valence-corrected chi connectivity index (χ0v) is 9.56. The largest absolute Gasteiger partial charge is 0.480 e. The van der Waals surface area contributed by atoms with E-state index in [1.54, 1.807) is 6.92 Å². The zero-order valence-electron chi connectivity index (χ0n) is 9.56. The van der Waals surface area contributed by atoms with Crippen LogP contribution in [0.4, 0.5) is 10.2 Å². The molecule has 0 spiro atoms. The first-order valence-electron chi connectivity index (χ1n) is 5.64. The summed E-state index contributed by atoms with van der Waals surface area (Å²) < 4.78 is 14.0. The molecular weight excluding hydrogens is 225 g/mol. The predicted octanol–water partition coefficient (Wildman–Crippen LogP) is 1.23. The van der Waals surface area contributed by atoms with E-state index < -0.39 is 17.8 Å². The molecule has 92 valence electrons. The molecule has 1 aromatic rings. The first-order valence-corrected chi connectivity index (χ1v) is 5.64. The van der Waals surface area contributed by atoms with Gasteiger partial charge in [0, 0.05) is 6.54 Å². The van der Waals surface area contributed by atoms with Gasteiger partial charge < -0.3 is 10.0 Å². The minimum Gasteiger partial charge on any atom is -0.480 e. The van der Waals surface area contributed by atoms with Crippen molar-refractivity contribution < 1.29 is 14.3 Å². The number of carbonyl (C=O) groups is 1. The Morgan fingerprint density at radius 3 is 3.06 bits per heavy atom. The van der Waals surface area contributed by atoms with Gasteiger partial charge in [0.15, 0.2) is 11.6 Å². The highest BCUT2D eigenvalue weighted by Gasteiger charge is 2.33. The fourth-order valence-electron chi connectivity index (χ4n) is 2.12. The van der Waals surface area contributed by atoms with Crippen LogP contribution in [0.1, 0.15) is 25.5 Å². The summed E-state index contributed by atoms with van der Waals surface area (Å²) in [7, 11) is 0. The summed E-state index contributed by atoms with van der Waals surface area (Å²) in [5.74, 6) is -1.32. The number of aliphatic carboxylic acids is 1. The van der Waals surface area contributed by atoms with Crippen LogP contribution in [-0.2, 0) is 11.2 Å². The maximum absolute atomic E-state index is 14.0. The van der Waals surface area contributed by atoms with Crippen LogP contribution in [0.2, 0.25) is 0 Å². The topological polar surface area (TPSA) is 66.3 Å². The van der Waals surface area contributed by atoms with Crippen LogP contribution >= 0.6 is 0 Å². The quantitative estimate of drug-likeness (QED) is 0.859. The van der Waals surface area contributed by atoms with E-state index in [0.29, 0.717) is 25.1 Å². The van der Waals surface area contributed by atoms with Crippen molar-refractivity contribution in [3.8, 4) is 0 Å². The zero-order chi connectivity index (χ0) is 12.4. The van der Waals surface area contributed by atoms with Gasteiger partial charge >= 0.3 is 5.97 Å². The summed E-state index contributed by atoms with van der Waals surface area (Å²) in [5, 5.41) is 9.05. The molecule has 1 saturated heterocycles. The third kappa shape index (κ3) is 2.07. The van der Waals surface area contributed by atoms with Crippen LogP contribution in [0.25, 0.3) is 0 Å². The molecule has 0 aliphatic carbocycles. The summed E-state index contributed by atoms with van der Waals surface area (Å²) in [4.78, 5) is 20.3. The Labute approximate surface area is 98.3 Å². The fourth-order valence-corrected chi connectivity index (χ4v) is 2.12. The third-order valence-electron chi connectivity index (χ3n) is 2.99. The van der Waals surface area contributed by atoms with Crippen LogP contribution < -0.4 is 4.90 Å². The minimum atomic E-state index is -0.932. The number of hydrogen-bond acceptors (Lipinski definition) is 4. The maximum atomic E-state index is 14.0. The molecule has 0 amide bonds. The van der Waals surface area contributed by atoms with Crippen molar-refractivity contribution in [2.75, 3.05) is 11.4 Å². The van der Waals surface area contributed by atoms with Gasteiger partial charge in [-0.15, -0.1) is 0 Å². The van der Waals surface area contributed by atoms with E-state index in [0.717, 1.165) is 6.42 Å². The van der Waals surface area contributed by atoms with Gasteiger partial charge in [0.2, 0.25) is 0 Å². The van der Waals surface area contributed by atoms with Crippen LogP contribution in [0, 0.1) is 5.82 Å². The van der Waals surface area contributed by atoms with E-state index in [4.69, 9.17) is 5.11 Å². The fraction of sp³-hybridized carbons (Fsp3) is 0.545. The molecule has 0 aromatic carbocycles. The van der Waals surface area contributed by atoms with Crippen LogP contribution in [0.5, 0.6) is 0 Å². The smallest absolute Gasteiger partial charge is 0.326 e. The first-order chi connectivity index (χ1) is 8.15. The van der Waals surface area contributed by atoms with Gasteiger partial charge in [0.1, 0.15) is 12.4 Å². The Balaban J connectivity index is 2.36. The highest BCUT2D eigenvalue weighted by Crippen LogP contribution is 2.27. The van der Waals surface area contributed by atoms with E-state index in [9.17, 15) is 9.18 Å². The second-order valence-corrected chi connectivity index (χ2v) is 4.00. The lowest BCUT2D eigenvalue weighted by Gasteiger charge is -2.23. The number of nitrogens with zero attached hydrogens (tertiary/aromatic N) is 3. The van der Waals surface area contributed by atoms with Crippen LogP contribution in [-0.4, -0.2) is 33.6 Å². The SMILES string of the molecule is CCc1ncnc(N2CCC[C@@H]2C(=O)O)c1F. The molecule has 0 unspecified atom stereocenters. The molecule has 5 nitrogen and oxygen atoms in total. The molecule has 1 atom stereocenters. The third-order valence-corrected chi connectivity index (χ3v) is 2.99. The summed E-state index contributed by atoms with van der Waals surface area (Å²) in [6, 6.07) is -0.677. The number of anilines is 1. The van der Waals surface area contributed by atoms with E-state index in [1.165, 1.54) is 11.2 Å². The molecule has 1 aliphatic heterocycles. The van der Waals surface area contributed by atoms with Gasteiger partial charge in [-0.1, -0.05) is 6.92 Å². The number of halogens is 1. The monoisotopic (exact) mass is 239 g/mol. The Morgan fingerprint density at radius 1 is 1.65 bits per heavy atom. The molecule has 1 N–H and O–H groups in total. The molecular formula is C11H14FN3O2. The Bertz CT molecular complexity index is 439. The van der Waals surface area contributed by atoms with E-state index >= 15 is 0 Å². The number of carboxylic acids is 1. The van der Waals surface area contributed by atoms with Gasteiger partial charge in [0.25, 0.3) is 0 Å². The lowest BCUT2D eigenvalue weighted by atomic mass is 10.2. The van der Waals surface area contributed by atoms with Crippen molar-refractivity contribution >= 4 is 11.8 Å². The summed E-state index contributed by atoms with van der Waals surface area (Å²) in [6.07, 6.45) is 3.02. The Hall–Kier alpha value is -1.72. The standard InChI is InChI=1S/C11H14FN3O2/c1-2-7-9(12)10(14-6-13-7)15-5-3-4-8(15)11(16)17/h6,8H,2-5H2,1H3,(H,16,17)/t8-/m1/s1. The second-order valence-electron chi connectivity index (χ2n) is 4.00. The molecule has 6 heteroatoms. The van der Waals surface area contributed by atoms with Gasteiger partial charge in [-0.05, 0) is 19.3 Å². The van der Waals surface area contributed by atoms with Gasteiger partial charge in [-0.25, -0.2) is 19.2 Å². The highest BCUT2D eigenvalue weighted by molar-refractivity contribution is 5.78. The molecule has 1 aliphatic rings. The molecule has 0 radical (unpaired) electrons. The minimum absolute atomic E-state index is 0.113. The molecule has 17 heavy (non-hydrogen) atoms. The summed E-state index contributed by atoms with van der Waals surface area (Å²) in [6.45, 7) is 2.32. The molecule has 1 fully saturated rings. The normalized spacial score (nSPS) is 19.6. The van der Waals surface area contributed by atoms with Crippen molar-refractivity contribution in [1.82, 2.24) is 9.97 Å². The van der Waals surface area contributed by atoms with Gasteiger partial charge in [-0.3, -0.25) is 0 Å². The molecule has 1 aromatic heterocycles. The van der Waals surface area contributed by atoms with Crippen LogP contribution in [0.15, 0.2) is 6.33 Å². The van der Waals surface area contributed by atoms with Crippen LogP contribution in [0.3, 0.4) is 0 Å². The van der Waals surface area contributed by atoms with Crippen molar-refractivity contribution in [3.05, 3.63) is 17.8 Å². The number of rotatable bonds is 3. The van der Waals surface area contributed by atoms with Crippen molar-refractivity contribution in [2.24, 2.45) is 0 Å². The van der Waals surface area contributed by atoms with Crippen molar-refractivity contribution in [2.45, 2.75) is 32.2 Å². The molecule has 0 saturated carbocycles. The van der Waals surface area contributed by atoms with Crippen molar-refractivity contribution in [1.29, 1.82) is 0 Å². The van der Waals surface area contributed by atoms with E-state index in [-0.39, 0.29) is 5.82 Å². The highest BCUT2D eigenvalue weighted by atomic mass is 19.1. The predicted molar refractivity (Wildman–Crippen MR) is 59.4 cm³/mol. The second kappa shape index (κ2) is 4.65. The average Bonchev–Trinajstić information content (AvgIpc) is 2.78. The van der Waals surface area contributed by atoms with E-state index in [1.807, 2.05) is 0 Å². The van der Waals surface area contributed by atoms with Crippen molar-refractivity contribution in [3.63, 3.8) is 0 Å². The summed E-state index contributed by atoms with van der Waals surface area (Å²) >= 11 is 0. The number of aromatic nitrogens is 2. The molecule has 2 rings (SSSR count). The Kier molecular flexibility index (Phi) is 3.21. The Morgan fingerprint density at radius 2 is 2.41 bits per heavy atom. The number of carboxylic acid groups (broad SMARTS) is 1. The average molecular weight is 239 g/mol. The van der Waals surface area contributed by atoms with E-state index in [2.05, 4.69) is 9.97 Å². The first kappa shape index (κ1) is 11.8. The molecule has 0 bridgehead atoms. The lowest BCUT2D eigenvalue weighted by Crippen LogP contribution is -2.37. The maximum Gasteiger partial charge on any atom is 0.326 e. The summed E-state index contributed by atoms with van der Waals surface area (Å²) in [5.41, 5.74) is 0.325. The van der Waals surface area contributed by atoms with Gasteiger partial charge in [-0.2, -0.15) is 0 Å². The lowest BCUT2D eigenvalue weighted by molar-refractivity contribution is -0.138. The number of hydrogen-bond donors (Lipinski definition) is 1. The number of aryl methyl sites for hydroxylation is 1. The molecule has 2 heterocycles. The van der Waals surface area contributed by atoms with Gasteiger partial charge in [0.05, 0.1) is 5.69 Å².